The fraction of sp³-hybridized carbons (Fsp3) is 0.429. The molecule has 0 bridgehead atoms. The van der Waals surface area contributed by atoms with Crippen LogP contribution in [0.3, 0.4) is 0 Å². The van der Waals surface area contributed by atoms with Crippen molar-refractivity contribution < 1.29 is 9.13 Å². The van der Waals surface area contributed by atoms with E-state index < -0.39 is 8.07 Å². The number of ether oxygens (including phenoxy) is 1. The van der Waals surface area contributed by atoms with Gasteiger partial charge in [-0.2, -0.15) is 0 Å². The lowest BCUT2D eigenvalue weighted by Crippen LogP contribution is -2.22. The predicted molar refractivity (Wildman–Crippen MR) is 87.2 cm³/mol. The van der Waals surface area contributed by atoms with E-state index in [0.29, 0.717) is 18.2 Å². The first-order valence-corrected chi connectivity index (χ1v) is 11.3. The number of pyridine rings is 1. The highest BCUT2D eigenvalue weighted by Gasteiger charge is 2.14. The minimum atomic E-state index is -1.09. The number of imidazole rings is 1. The van der Waals surface area contributed by atoms with Crippen LogP contribution in [-0.2, 0) is 11.5 Å². The van der Waals surface area contributed by atoms with E-state index in [1.807, 2.05) is 4.57 Å². The molecule has 0 saturated carbocycles. The third-order valence-corrected chi connectivity index (χ3v) is 5.32. The second kappa shape index (κ2) is 6.80. The lowest BCUT2D eigenvalue weighted by molar-refractivity contribution is 0.0868. The molecule has 0 spiro atoms. The summed E-state index contributed by atoms with van der Waals surface area (Å²) >= 11 is 3.45. The van der Waals surface area contributed by atoms with Gasteiger partial charge in [-0.1, -0.05) is 19.6 Å². The summed E-state index contributed by atoms with van der Waals surface area (Å²) < 4.78 is 21.4. The number of aromatic nitrogens is 3. The summed E-state index contributed by atoms with van der Waals surface area (Å²) in [6, 6.07) is 4.10. The van der Waals surface area contributed by atoms with E-state index in [4.69, 9.17) is 4.74 Å². The van der Waals surface area contributed by atoms with Gasteiger partial charge in [-0.15, -0.1) is 0 Å². The van der Waals surface area contributed by atoms with Gasteiger partial charge in [-0.25, -0.2) is 14.4 Å². The van der Waals surface area contributed by atoms with Crippen molar-refractivity contribution in [3.05, 3.63) is 34.9 Å². The molecule has 2 aromatic rings. The van der Waals surface area contributed by atoms with E-state index in [1.54, 1.807) is 12.3 Å². The van der Waals surface area contributed by atoms with E-state index in [9.17, 15) is 4.39 Å². The molecular formula is C14H19BrFN3OSi. The van der Waals surface area contributed by atoms with Crippen LogP contribution in [0.5, 0.6) is 0 Å². The zero-order valence-electron chi connectivity index (χ0n) is 12.4. The van der Waals surface area contributed by atoms with Crippen molar-refractivity contribution in [2.75, 3.05) is 6.61 Å². The third kappa shape index (κ3) is 4.72. The molecule has 21 heavy (non-hydrogen) atoms. The number of rotatable bonds is 6. The molecule has 2 heterocycles. The lowest BCUT2D eigenvalue weighted by Gasteiger charge is -2.16. The highest BCUT2D eigenvalue weighted by molar-refractivity contribution is 9.10. The minimum absolute atomic E-state index is 0.359. The summed E-state index contributed by atoms with van der Waals surface area (Å²) in [6.45, 7) is 8.09. The van der Waals surface area contributed by atoms with Gasteiger partial charge in [0.1, 0.15) is 22.8 Å². The van der Waals surface area contributed by atoms with Gasteiger partial charge in [0.15, 0.2) is 5.82 Å². The Kier molecular flexibility index (Phi) is 5.29. The molecule has 0 aliphatic carbocycles. The van der Waals surface area contributed by atoms with Crippen LogP contribution in [0.2, 0.25) is 25.7 Å². The van der Waals surface area contributed by atoms with Crippen molar-refractivity contribution in [2.45, 2.75) is 32.4 Å². The molecule has 2 aromatic heterocycles. The lowest BCUT2D eigenvalue weighted by atomic mass is 10.3. The fourth-order valence-corrected chi connectivity index (χ4v) is 2.85. The summed E-state index contributed by atoms with van der Waals surface area (Å²) in [6.07, 6.45) is 2.89. The molecule has 0 radical (unpaired) electrons. The molecule has 2 rings (SSSR count). The molecule has 0 aromatic carbocycles. The first-order valence-electron chi connectivity index (χ1n) is 6.77. The minimum Gasteiger partial charge on any atom is -0.361 e. The van der Waals surface area contributed by atoms with E-state index >= 15 is 0 Å². The van der Waals surface area contributed by atoms with Crippen LogP contribution in [0.15, 0.2) is 29.1 Å². The predicted octanol–water partition coefficient (Wildman–Crippen LogP) is 4.16. The highest BCUT2D eigenvalue weighted by Crippen LogP contribution is 2.21. The van der Waals surface area contributed by atoms with Gasteiger partial charge in [0.05, 0.1) is 12.4 Å². The maximum Gasteiger partial charge on any atom is 0.161 e. The van der Waals surface area contributed by atoms with Crippen molar-refractivity contribution in [3.63, 3.8) is 0 Å². The average molecular weight is 372 g/mol. The smallest absolute Gasteiger partial charge is 0.161 e. The Balaban J connectivity index is 2.06. The summed E-state index contributed by atoms with van der Waals surface area (Å²) in [5.41, 5.74) is 0.621. The number of hydrogen-bond acceptors (Lipinski definition) is 3. The highest BCUT2D eigenvalue weighted by atomic mass is 79.9. The second-order valence-corrected chi connectivity index (χ2v) is 12.5. The van der Waals surface area contributed by atoms with Gasteiger partial charge in [0.2, 0.25) is 0 Å². The molecular weight excluding hydrogens is 353 g/mol. The van der Waals surface area contributed by atoms with E-state index in [2.05, 4.69) is 45.5 Å². The van der Waals surface area contributed by atoms with Crippen molar-refractivity contribution in [3.8, 4) is 11.5 Å². The van der Waals surface area contributed by atoms with Gasteiger partial charge in [0.25, 0.3) is 0 Å². The standard InChI is InChI=1S/C14H19BrFN3OSi/c1-21(2,3)7-6-20-10-19-13(15)9-18-14(19)12-5-4-11(16)8-17-12/h4-5,8-9H,6-7,10H2,1-3H3. The molecule has 114 valence electrons. The molecule has 0 atom stereocenters. The van der Waals surface area contributed by atoms with Crippen molar-refractivity contribution in [2.24, 2.45) is 0 Å². The largest absolute Gasteiger partial charge is 0.361 e. The third-order valence-electron chi connectivity index (χ3n) is 2.98. The van der Waals surface area contributed by atoms with Crippen LogP contribution in [0.4, 0.5) is 4.39 Å². The molecule has 0 unspecified atom stereocenters. The molecule has 4 nitrogen and oxygen atoms in total. The van der Waals surface area contributed by atoms with Gasteiger partial charge in [-0.05, 0) is 34.1 Å². The molecule has 0 fully saturated rings. The number of hydrogen-bond donors (Lipinski definition) is 0. The van der Waals surface area contributed by atoms with Crippen LogP contribution in [-0.4, -0.2) is 29.2 Å². The molecule has 0 N–H and O–H groups in total. The monoisotopic (exact) mass is 371 g/mol. The van der Waals surface area contributed by atoms with Crippen molar-refractivity contribution in [1.29, 1.82) is 0 Å². The topological polar surface area (TPSA) is 39.9 Å². The average Bonchev–Trinajstić information content (AvgIpc) is 2.76. The van der Waals surface area contributed by atoms with E-state index in [1.165, 1.54) is 12.3 Å². The first kappa shape index (κ1) is 16.3. The molecule has 0 saturated heterocycles. The maximum atomic E-state index is 12.9. The first-order chi connectivity index (χ1) is 9.87. The van der Waals surface area contributed by atoms with Crippen LogP contribution >= 0.6 is 15.9 Å². The van der Waals surface area contributed by atoms with Crippen LogP contribution in [0.1, 0.15) is 0 Å². The molecule has 0 aliphatic rings. The molecule has 0 amide bonds. The fourth-order valence-electron chi connectivity index (χ4n) is 1.72. The Morgan fingerprint density at radius 2 is 2.00 bits per heavy atom. The van der Waals surface area contributed by atoms with Crippen LogP contribution < -0.4 is 0 Å². The SMILES string of the molecule is C[Si](C)(C)CCOCn1c(Br)cnc1-c1ccc(F)cn1. The zero-order chi connectivity index (χ0) is 15.5. The Morgan fingerprint density at radius 1 is 1.24 bits per heavy atom. The Morgan fingerprint density at radius 3 is 2.62 bits per heavy atom. The summed E-state index contributed by atoms with van der Waals surface area (Å²) in [5, 5.41) is 0. The van der Waals surface area contributed by atoms with E-state index in [0.717, 1.165) is 17.3 Å². The zero-order valence-corrected chi connectivity index (χ0v) is 15.0. The Labute approximate surface area is 133 Å². The Bertz CT molecular complexity index is 595. The molecule has 0 aliphatic heterocycles. The van der Waals surface area contributed by atoms with Gasteiger partial charge in [-0.3, -0.25) is 4.57 Å². The number of nitrogens with zero attached hydrogens (tertiary/aromatic N) is 3. The van der Waals surface area contributed by atoms with Crippen LogP contribution in [0, 0.1) is 5.82 Å². The number of halogens is 2. The summed E-state index contributed by atoms with van der Waals surface area (Å²) in [5.74, 6) is 0.303. The Hall–Kier alpha value is -1.05. The molecule has 7 heteroatoms. The summed E-state index contributed by atoms with van der Waals surface area (Å²) in [4.78, 5) is 8.37. The second-order valence-electron chi connectivity index (χ2n) is 6.04. The van der Waals surface area contributed by atoms with E-state index in [-0.39, 0.29) is 5.82 Å². The van der Waals surface area contributed by atoms with Crippen LogP contribution in [0.25, 0.3) is 11.5 Å². The van der Waals surface area contributed by atoms with Gasteiger partial charge < -0.3 is 4.74 Å². The maximum absolute atomic E-state index is 12.9. The van der Waals surface area contributed by atoms with Crippen molar-refractivity contribution in [1.82, 2.24) is 14.5 Å². The normalized spacial score (nSPS) is 11.9. The quantitative estimate of drug-likeness (QED) is 0.565. The van der Waals surface area contributed by atoms with Gasteiger partial charge >= 0.3 is 0 Å². The van der Waals surface area contributed by atoms with Gasteiger partial charge in [0, 0.05) is 14.7 Å². The van der Waals surface area contributed by atoms with Crippen molar-refractivity contribution >= 4 is 24.0 Å². The summed E-state index contributed by atoms with van der Waals surface area (Å²) in [7, 11) is -1.09.